The van der Waals surface area contributed by atoms with E-state index in [1.54, 1.807) is 0 Å². The number of ether oxygens (including phenoxy) is 1. The third kappa shape index (κ3) is 2.77. The maximum absolute atomic E-state index is 13.2. The van der Waals surface area contributed by atoms with E-state index in [-0.39, 0.29) is 16.5 Å². The van der Waals surface area contributed by atoms with Crippen LogP contribution in [-0.2, 0) is 0 Å². The van der Waals surface area contributed by atoms with Crippen molar-refractivity contribution in [3.63, 3.8) is 0 Å². The summed E-state index contributed by atoms with van der Waals surface area (Å²) in [6, 6.07) is 2.24. The number of phenolic OH excluding ortho intramolecular Hbond substituents is 1. The van der Waals surface area contributed by atoms with Crippen molar-refractivity contribution in [3.8, 4) is 11.5 Å². The predicted octanol–water partition coefficient (Wildman–Crippen LogP) is 3.36. The molecule has 0 atom stereocenters. The molecule has 0 saturated carbocycles. The first kappa shape index (κ1) is 11.1. The van der Waals surface area contributed by atoms with Gasteiger partial charge in [0.25, 0.3) is 0 Å². The Morgan fingerprint density at radius 1 is 1.50 bits per heavy atom. The van der Waals surface area contributed by atoms with Crippen LogP contribution in [0.2, 0.25) is 5.02 Å². The van der Waals surface area contributed by atoms with Crippen LogP contribution in [0, 0.1) is 5.82 Å². The molecule has 0 aliphatic carbocycles. The fraction of sp³-hybridized carbons (Fsp3) is 0.400. The third-order valence-corrected chi connectivity index (χ3v) is 2.01. The highest BCUT2D eigenvalue weighted by Gasteiger charge is 2.10. The highest BCUT2D eigenvalue weighted by atomic mass is 35.5. The summed E-state index contributed by atoms with van der Waals surface area (Å²) in [7, 11) is 0. The summed E-state index contributed by atoms with van der Waals surface area (Å²) in [4.78, 5) is 0. The van der Waals surface area contributed by atoms with Crippen molar-refractivity contribution in [2.75, 3.05) is 6.61 Å². The van der Waals surface area contributed by atoms with Crippen LogP contribution >= 0.6 is 11.6 Å². The van der Waals surface area contributed by atoms with Gasteiger partial charge in [0, 0.05) is 12.1 Å². The van der Waals surface area contributed by atoms with E-state index in [9.17, 15) is 4.39 Å². The molecule has 2 nitrogen and oxygen atoms in total. The van der Waals surface area contributed by atoms with Crippen molar-refractivity contribution in [3.05, 3.63) is 23.0 Å². The number of aromatic hydroxyl groups is 1. The van der Waals surface area contributed by atoms with Crippen molar-refractivity contribution in [2.45, 2.75) is 19.8 Å². The SMILES string of the molecule is CCCCOc1c(F)cc(O)cc1Cl. The van der Waals surface area contributed by atoms with E-state index in [4.69, 9.17) is 21.4 Å². The molecule has 78 valence electrons. The van der Waals surface area contributed by atoms with Gasteiger partial charge >= 0.3 is 0 Å². The van der Waals surface area contributed by atoms with Gasteiger partial charge in [-0.2, -0.15) is 0 Å². The molecule has 1 N–H and O–H groups in total. The lowest BCUT2D eigenvalue weighted by atomic mass is 10.3. The summed E-state index contributed by atoms with van der Waals surface area (Å²) in [6.07, 6.45) is 1.81. The Labute approximate surface area is 87.3 Å². The zero-order valence-electron chi connectivity index (χ0n) is 7.89. The minimum Gasteiger partial charge on any atom is -0.508 e. The summed E-state index contributed by atoms with van der Waals surface area (Å²) in [6.45, 7) is 2.44. The van der Waals surface area contributed by atoms with E-state index >= 15 is 0 Å². The maximum Gasteiger partial charge on any atom is 0.173 e. The molecule has 0 amide bonds. The van der Waals surface area contributed by atoms with E-state index in [0.717, 1.165) is 18.9 Å². The Morgan fingerprint density at radius 3 is 2.79 bits per heavy atom. The molecule has 0 aliphatic rings. The third-order valence-electron chi connectivity index (χ3n) is 1.73. The summed E-state index contributed by atoms with van der Waals surface area (Å²) < 4.78 is 18.3. The van der Waals surface area contributed by atoms with Crippen LogP contribution in [0.4, 0.5) is 4.39 Å². The first-order valence-corrected chi connectivity index (χ1v) is 4.83. The molecule has 1 aromatic carbocycles. The molecular formula is C10H12ClFO2. The van der Waals surface area contributed by atoms with E-state index in [2.05, 4.69) is 0 Å². The van der Waals surface area contributed by atoms with Gasteiger partial charge in [0.05, 0.1) is 11.6 Å². The second-order valence-corrected chi connectivity index (χ2v) is 3.35. The number of hydrogen-bond acceptors (Lipinski definition) is 2. The van der Waals surface area contributed by atoms with Gasteiger partial charge in [0.15, 0.2) is 11.6 Å². The van der Waals surface area contributed by atoms with E-state index in [1.807, 2.05) is 6.92 Å². The van der Waals surface area contributed by atoms with E-state index < -0.39 is 5.82 Å². The van der Waals surface area contributed by atoms with Gasteiger partial charge in [-0.05, 0) is 6.42 Å². The summed E-state index contributed by atoms with van der Waals surface area (Å²) in [5.74, 6) is -0.820. The molecule has 0 bridgehead atoms. The zero-order chi connectivity index (χ0) is 10.6. The fourth-order valence-corrected chi connectivity index (χ4v) is 1.26. The van der Waals surface area contributed by atoms with Gasteiger partial charge in [0.1, 0.15) is 5.75 Å². The van der Waals surface area contributed by atoms with Crippen LogP contribution in [0.5, 0.6) is 11.5 Å². The van der Waals surface area contributed by atoms with Gasteiger partial charge < -0.3 is 9.84 Å². The quantitative estimate of drug-likeness (QED) is 0.786. The van der Waals surface area contributed by atoms with Gasteiger partial charge in [-0.3, -0.25) is 0 Å². The molecule has 0 heterocycles. The molecule has 0 fully saturated rings. The van der Waals surface area contributed by atoms with Gasteiger partial charge in [-0.1, -0.05) is 24.9 Å². The van der Waals surface area contributed by atoms with Gasteiger partial charge in [-0.15, -0.1) is 0 Å². The van der Waals surface area contributed by atoms with Crippen molar-refractivity contribution >= 4 is 11.6 Å². The fourth-order valence-electron chi connectivity index (χ4n) is 1.00. The normalized spacial score (nSPS) is 10.2. The summed E-state index contributed by atoms with van der Waals surface area (Å²) >= 11 is 5.69. The number of benzene rings is 1. The number of unbranched alkanes of at least 4 members (excludes halogenated alkanes) is 1. The maximum atomic E-state index is 13.2. The first-order chi connectivity index (χ1) is 6.65. The highest BCUT2D eigenvalue weighted by molar-refractivity contribution is 6.32. The van der Waals surface area contributed by atoms with Crippen LogP contribution in [0.25, 0.3) is 0 Å². The predicted molar refractivity (Wildman–Crippen MR) is 53.5 cm³/mol. The first-order valence-electron chi connectivity index (χ1n) is 4.46. The van der Waals surface area contributed by atoms with Crippen LogP contribution in [0.3, 0.4) is 0 Å². The Bertz CT molecular complexity index is 292. The number of phenols is 1. The zero-order valence-corrected chi connectivity index (χ0v) is 8.64. The Balaban J connectivity index is 2.75. The molecule has 0 saturated heterocycles. The van der Waals surface area contributed by atoms with E-state index in [1.165, 1.54) is 6.07 Å². The molecule has 0 aromatic heterocycles. The minimum atomic E-state index is -0.633. The standard InChI is InChI=1S/C10H12ClFO2/c1-2-3-4-14-10-8(11)5-7(13)6-9(10)12/h5-6,13H,2-4H2,1H3. The van der Waals surface area contributed by atoms with Gasteiger partial charge in [-0.25, -0.2) is 4.39 Å². The summed E-state index contributed by atoms with van der Waals surface area (Å²) in [5, 5.41) is 9.11. The molecule has 1 rings (SSSR count). The number of halogens is 2. The number of hydrogen-bond donors (Lipinski definition) is 1. The molecule has 0 aliphatic heterocycles. The van der Waals surface area contributed by atoms with Crippen LogP contribution < -0.4 is 4.74 Å². The van der Waals surface area contributed by atoms with Crippen molar-refractivity contribution in [1.82, 2.24) is 0 Å². The lowest BCUT2D eigenvalue weighted by Crippen LogP contribution is -1.99. The van der Waals surface area contributed by atoms with Crippen molar-refractivity contribution in [2.24, 2.45) is 0 Å². The average Bonchev–Trinajstić information content (AvgIpc) is 2.09. The monoisotopic (exact) mass is 218 g/mol. The van der Waals surface area contributed by atoms with Crippen LogP contribution in [0.1, 0.15) is 19.8 Å². The largest absolute Gasteiger partial charge is 0.508 e. The van der Waals surface area contributed by atoms with Crippen LogP contribution in [-0.4, -0.2) is 11.7 Å². The van der Waals surface area contributed by atoms with Crippen molar-refractivity contribution < 1.29 is 14.2 Å². The Hall–Kier alpha value is -0.960. The smallest absolute Gasteiger partial charge is 0.173 e. The molecule has 14 heavy (non-hydrogen) atoms. The van der Waals surface area contributed by atoms with Crippen molar-refractivity contribution in [1.29, 1.82) is 0 Å². The minimum absolute atomic E-state index is 0.0120. The lowest BCUT2D eigenvalue weighted by Gasteiger charge is -2.08. The lowest BCUT2D eigenvalue weighted by molar-refractivity contribution is 0.293. The Kier molecular flexibility index (Phi) is 4.01. The summed E-state index contributed by atoms with van der Waals surface area (Å²) in [5.41, 5.74) is 0. The van der Waals surface area contributed by atoms with E-state index in [0.29, 0.717) is 6.61 Å². The second kappa shape index (κ2) is 5.05. The van der Waals surface area contributed by atoms with Gasteiger partial charge in [0.2, 0.25) is 0 Å². The average molecular weight is 219 g/mol. The molecule has 0 spiro atoms. The molecule has 0 unspecified atom stereocenters. The van der Waals surface area contributed by atoms with Crippen LogP contribution in [0.15, 0.2) is 12.1 Å². The topological polar surface area (TPSA) is 29.5 Å². The molecule has 0 radical (unpaired) electrons. The molecule has 1 aromatic rings. The molecular weight excluding hydrogens is 207 g/mol. The second-order valence-electron chi connectivity index (χ2n) is 2.94. The highest BCUT2D eigenvalue weighted by Crippen LogP contribution is 2.31. The number of rotatable bonds is 4. The Morgan fingerprint density at radius 2 is 2.21 bits per heavy atom. The molecule has 4 heteroatoms.